The highest BCUT2D eigenvalue weighted by Gasteiger charge is 2.43. The minimum Gasteiger partial charge on any atom is -0.465 e. The Morgan fingerprint density at radius 1 is 1.12 bits per heavy atom. The van der Waals surface area contributed by atoms with Gasteiger partial charge in [0.2, 0.25) is 10.0 Å². The lowest BCUT2D eigenvalue weighted by molar-refractivity contribution is -0.186. The molecule has 7 nitrogen and oxygen atoms in total. The van der Waals surface area contributed by atoms with Crippen molar-refractivity contribution in [2.45, 2.75) is 43.4 Å². The maximum absolute atomic E-state index is 13.0. The van der Waals surface area contributed by atoms with E-state index in [9.17, 15) is 31.2 Å². The molecule has 1 amide bonds. The van der Waals surface area contributed by atoms with Gasteiger partial charge in [0.15, 0.2) is 0 Å². The van der Waals surface area contributed by atoms with E-state index in [4.69, 9.17) is 4.74 Å². The van der Waals surface area contributed by atoms with Gasteiger partial charge in [0.1, 0.15) is 6.04 Å². The Balaban J connectivity index is 1.84. The number of nitrogens with one attached hydrogen (secondary N) is 1. The molecule has 11 heteroatoms. The van der Waals surface area contributed by atoms with Crippen LogP contribution in [0.4, 0.5) is 13.2 Å². The summed E-state index contributed by atoms with van der Waals surface area (Å²) < 4.78 is 71.8. The van der Waals surface area contributed by atoms with E-state index in [0.29, 0.717) is 21.6 Å². The molecule has 2 aromatic carbocycles. The summed E-state index contributed by atoms with van der Waals surface area (Å²) in [6.45, 7) is 1.19. The van der Waals surface area contributed by atoms with Crippen LogP contribution in [-0.2, 0) is 43.7 Å². The van der Waals surface area contributed by atoms with E-state index in [0.717, 1.165) is 0 Å². The van der Waals surface area contributed by atoms with Gasteiger partial charge in [-0.25, -0.2) is 8.42 Å². The summed E-state index contributed by atoms with van der Waals surface area (Å²) in [5.41, 5.74) is 1.67. The first kappa shape index (κ1) is 24.7. The molecule has 1 heterocycles. The van der Waals surface area contributed by atoms with Crippen LogP contribution in [0.1, 0.15) is 23.6 Å². The fourth-order valence-electron chi connectivity index (χ4n) is 3.57. The molecule has 0 aliphatic carbocycles. The third-order valence-electron chi connectivity index (χ3n) is 5.18. The Morgan fingerprint density at radius 2 is 1.82 bits per heavy atom. The van der Waals surface area contributed by atoms with Crippen molar-refractivity contribution < 1.29 is 35.9 Å². The lowest BCUT2D eigenvalue weighted by Crippen LogP contribution is -2.44. The van der Waals surface area contributed by atoms with Crippen molar-refractivity contribution in [1.82, 2.24) is 9.62 Å². The zero-order valence-corrected chi connectivity index (χ0v) is 18.6. The smallest absolute Gasteiger partial charge is 0.465 e. The van der Waals surface area contributed by atoms with E-state index < -0.39 is 34.1 Å². The number of sulfonamides is 1. The van der Waals surface area contributed by atoms with Gasteiger partial charge < -0.3 is 9.64 Å². The van der Waals surface area contributed by atoms with Gasteiger partial charge >= 0.3 is 18.1 Å². The minimum absolute atomic E-state index is 0.0533. The summed E-state index contributed by atoms with van der Waals surface area (Å²) >= 11 is 0. The highest BCUT2D eigenvalue weighted by molar-refractivity contribution is 7.89. The second-order valence-electron chi connectivity index (χ2n) is 7.52. The summed E-state index contributed by atoms with van der Waals surface area (Å²) in [7, 11) is -4.22. The summed E-state index contributed by atoms with van der Waals surface area (Å²) in [5, 5.41) is 0. The number of alkyl halides is 3. The molecule has 0 spiro atoms. The molecule has 1 unspecified atom stereocenters. The summed E-state index contributed by atoms with van der Waals surface area (Å²) in [4.78, 5) is 24.4. The van der Waals surface area contributed by atoms with Crippen molar-refractivity contribution in [2.75, 3.05) is 13.2 Å². The molecule has 0 fully saturated rings. The second-order valence-corrected chi connectivity index (χ2v) is 9.23. The number of benzene rings is 2. The fraction of sp³-hybridized carbons (Fsp3) is 0.364. The van der Waals surface area contributed by atoms with Crippen molar-refractivity contribution in [3.63, 3.8) is 0 Å². The van der Waals surface area contributed by atoms with Gasteiger partial charge in [-0.15, -0.1) is 0 Å². The Hall–Kier alpha value is -2.92. The first-order chi connectivity index (χ1) is 15.5. The van der Waals surface area contributed by atoms with E-state index in [1.807, 2.05) is 0 Å². The molecule has 0 saturated carbocycles. The first-order valence-corrected chi connectivity index (χ1v) is 11.7. The highest BCUT2D eigenvalue weighted by atomic mass is 32.2. The maximum Gasteiger partial charge on any atom is 0.471 e. The molecular weight excluding hydrogens is 461 g/mol. The standard InChI is InChI=1S/C22H23F3N2O5S/c1-2-32-20(28)19(12-15-6-4-3-5-7-15)26-33(30,31)18-9-8-16-10-11-27(14-17(16)13-18)21(29)22(23,24)25/h3-9,13,19,26H,2,10-12,14H2,1H3. The van der Waals surface area contributed by atoms with Crippen molar-refractivity contribution in [3.05, 3.63) is 65.2 Å². The van der Waals surface area contributed by atoms with E-state index in [1.54, 1.807) is 37.3 Å². The van der Waals surface area contributed by atoms with Crippen LogP contribution >= 0.6 is 0 Å². The number of esters is 1. The molecule has 0 bridgehead atoms. The van der Waals surface area contributed by atoms with Crippen LogP contribution in [0.2, 0.25) is 0 Å². The highest BCUT2D eigenvalue weighted by Crippen LogP contribution is 2.26. The molecule has 1 aliphatic rings. The fourth-order valence-corrected chi connectivity index (χ4v) is 4.81. The molecule has 178 valence electrons. The third kappa shape index (κ3) is 6.11. The molecule has 1 atom stereocenters. The number of rotatable bonds is 7. The lowest BCUT2D eigenvalue weighted by atomic mass is 10.00. The number of carbonyl (C=O) groups is 2. The van der Waals surface area contributed by atoms with Gasteiger partial charge in [0.05, 0.1) is 11.5 Å². The van der Waals surface area contributed by atoms with Crippen LogP contribution in [0.25, 0.3) is 0 Å². The van der Waals surface area contributed by atoms with Gasteiger partial charge in [0.25, 0.3) is 0 Å². The molecule has 0 saturated heterocycles. The maximum atomic E-state index is 13.0. The third-order valence-corrected chi connectivity index (χ3v) is 6.65. The lowest BCUT2D eigenvalue weighted by Gasteiger charge is -2.29. The predicted octanol–water partition coefficient (Wildman–Crippen LogP) is 2.59. The molecule has 2 aromatic rings. The molecule has 0 radical (unpaired) electrons. The minimum atomic E-state index is -5.01. The number of nitrogens with zero attached hydrogens (tertiary/aromatic N) is 1. The Bertz CT molecular complexity index is 1120. The van der Waals surface area contributed by atoms with Gasteiger partial charge in [-0.05, 0) is 48.6 Å². The predicted molar refractivity (Wildman–Crippen MR) is 113 cm³/mol. The van der Waals surface area contributed by atoms with Crippen LogP contribution in [0, 0.1) is 0 Å². The topological polar surface area (TPSA) is 92.8 Å². The van der Waals surface area contributed by atoms with E-state index in [2.05, 4.69) is 4.72 Å². The zero-order valence-electron chi connectivity index (χ0n) is 17.8. The van der Waals surface area contributed by atoms with Crippen LogP contribution < -0.4 is 4.72 Å². The number of hydrogen-bond donors (Lipinski definition) is 1. The van der Waals surface area contributed by atoms with Gasteiger partial charge in [-0.1, -0.05) is 36.4 Å². The van der Waals surface area contributed by atoms with Crippen molar-refractivity contribution >= 4 is 21.9 Å². The number of ether oxygens (including phenoxy) is 1. The molecule has 1 N–H and O–H groups in total. The number of amides is 1. The van der Waals surface area contributed by atoms with Crippen LogP contribution in [-0.4, -0.2) is 50.6 Å². The van der Waals surface area contributed by atoms with Gasteiger partial charge in [0, 0.05) is 13.1 Å². The number of carbonyl (C=O) groups excluding carboxylic acids is 2. The Morgan fingerprint density at radius 3 is 2.45 bits per heavy atom. The Kier molecular flexibility index (Phi) is 7.43. The zero-order chi connectivity index (χ0) is 24.2. The molecule has 33 heavy (non-hydrogen) atoms. The second kappa shape index (κ2) is 9.92. The number of hydrogen-bond acceptors (Lipinski definition) is 5. The largest absolute Gasteiger partial charge is 0.471 e. The van der Waals surface area contributed by atoms with E-state index in [-0.39, 0.29) is 37.4 Å². The quantitative estimate of drug-likeness (QED) is 0.610. The van der Waals surface area contributed by atoms with Crippen molar-refractivity contribution in [3.8, 4) is 0 Å². The normalized spacial score (nSPS) is 15.0. The first-order valence-electron chi connectivity index (χ1n) is 10.2. The van der Waals surface area contributed by atoms with Crippen molar-refractivity contribution in [2.24, 2.45) is 0 Å². The average Bonchev–Trinajstić information content (AvgIpc) is 2.77. The van der Waals surface area contributed by atoms with Crippen LogP contribution in [0.15, 0.2) is 53.4 Å². The SMILES string of the molecule is CCOC(=O)C(Cc1ccccc1)NS(=O)(=O)c1ccc2c(c1)CN(C(=O)C(F)(F)F)CC2. The van der Waals surface area contributed by atoms with Crippen molar-refractivity contribution in [1.29, 1.82) is 0 Å². The number of fused-ring (bicyclic) bond motifs is 1. The number of halogens is 3. The monoisotopic (exact) mass is 484 g/mol. The Labute approximate surface area is 189 Å². The molecular formula is C22H23F3N2O5S. The van der Waals surface area contributed by atoms with Crippen LogP contribution in [0.3, 0.4) is 0 Å². The molecule has 0 aromatic heterocycles. The van der Waals surface area contributed by atoms with Gasteiger partial charge in [-0.2, -0.15) is 17.9 Å². The summed E-state index contributed by atoms with van der Waals surface area (Å²) in [5.74, 6) is -2.71. The average molecular weight is 484 g/mol. The summed E-state index contributed by atoms with van der Waals surface area (Å²) in [6.07, 6.45) is -4.78. The van der Waals surface area contributed by atoms with E-state index >= 15 is 0 Å². The van der Waals surface area contributed by atoms with E-state index in [1.165, 1.54) is 18.2 Å². The summed E-state index contributed by atoms with van der Waals surface area (Å²) in [6, 6.07) is 11.6. The molecule has 3 rings (SSSR count). The molecule has 1 aliphatic heterocycles. The van der Waals surface area contributed by atoms with Crippen LogP contribution in [0.5, 0.6) is 0 Å². The van der Waals surface area contributed by atoms with Gasteiger partial charge in [-0.3, -0.25) is 9.59 Å².